The first-order chi connectivity index (χ1) is 12.7. The van der Waals surface area contributed by atoms with Gasteiger partial charge < -0.3 is 14.4 Å². The monoisotopic (exact) mass is 368 g/mol. The van der Waals surface area contributed by atoms with Gasteiger partial charge in [-0.3, -0.25) is 4.79 Å². The van der Waals surface area contributed by atoms with Crippen LogP contribution in [0.5, 0.6) is 11.5 Å². The highest BCUT2D eigenvalue weighted by atomic mass is 32.1. The van der Waals surface area contributed by atoms with Gasteiger partial charge in [-0.2, -0.15) is 4.37 Å². The summed E-state index contributed by atoms with van der Waals surface area (Å²) in [6, 6.07) is 11.8. The molecule has 2 aromatic carbocycles. The van der Waals surface area contributed by atoms with E-state index in [-0.39, 0.29) is 5.91 Å². The van der Waals surface area contributed by atoms with Crippen LogP contribution in [0.1, 0.15) is 17.7 Å². The van der Waals surface area contributed by atoms with Gasteiger partial charge in [0.25, 0.3) is 0 Å². The molecular weight excluding hydrogens is 348 g/mol. The quantitative estimate of drug-likeness (QED) is 0.702. The number of hydrogen-bond donors (Lipinski definition) is 0. The lowest BCUT2D eigenvalue weighted by atomic mass is 9.99. The Balaban J connectivity index is 1.68. The van der Waals surface area contributed by atoms with Crippen molar-refractivity contribution in [2.24, 2.45) is 0 Å². The SMILES string of the molecule is COc1cc(OC)c2c(c1)N(C(=O)Cc1nsc3ccccc13)CCC2. The zero-order valence-electron chi connectivity index (χ0n) is 14.8. The van der Waals surface area contributed by atoms with E-state index >= 15 is 0 Å². The maximum atomic E-state index is 13.1. The van der Waals surface area contributed by atoms with Gasteiger partial charge in [0.2, 0.25) is 5.91 Å². The van der Waals surface area contributed by atoms with Crippen molar-refractivity contribution in [1.29, 1.82) is 0 Å². The zero-order chi connectivity index (χ0) is 18.1. The number of benzene rings is 2. The van der Waals surface area contributed by atoms with Crippen LogP contribution in [0.15, 0.2) is 36.4 Å². The number of carbonyl (C=O) groups is 1. The highest BCUT2D eigenvalue weighted by Crippen LogP contribution is 2.38. The van der Waals surface area contributed by atoms with Gasteiger partial charge in [-0.05, 0) is 30.4 Å². The molecule has 1 aliphatic heterocycles. The average Bonchev–Trinajstić information content (AvgIpc) is 3.09. The number of hydrogen-bond acceptors (Lipinski definition) is 5. The largest absolute Gasteiger partial charge is 0.497 e. The Kier molecular flexibility index (Phi) is 4.51. The number of nitrogens with zero attached hydrogens (tertiary/aromatic N) is 2. The molecule has 0 bridgehead atoms. The molecule has 1 aromatic heterocycles. The van der Waals surface area contributed by atoms with Crippen molar-refractivity contribution in [3.63, 3.8) is 0 Å². The molecule has 0 unspecified atom stereocenters. The Morgan fingerprint density at radius 3 is 2.88 bits per heavy atom. The van der Waals surface area contributed by atoms with E-state index in [1.54, 1.807) is 14.2 Å². The van der Waals surface area contributed by atoms with Crippen molar-refractivity contribution < 1.29 is 14.3 Å². The van der Waals surface area contributed by atoms with Gasteiger partial charge in [-0.1, -0.05) is 18.2 Å². The third-order valence-electron chi connectivity index (χ3n) is 4.79. The Labute approximate surface area is 156 Å². The second-order valence-electron chi connectivity index (χ2n) is 6.28. The number of anilines is 1. The molecule has 2 heterocycles. The molecule has 0 radical (unpaired) electrons. The van der Waals surface area contributed by atoms with Crippen LogP contribution < -0.4 is 14.4 Å². The normalized spacial score (nSPS) is 13.5. The van der Waals surface area contributed by atoms with Crippen molar-refractivity contribution >= 4 is 33.2 Å². The molecule has 6 heteroatoms. The topological polar surface area (TPSA) is 51.7 Å². The number of ether oxygens (including phenoxy) is 2. The van der Waals surface area contributed by atoms with Crippen LogP contribution in [0, 0.1) is 0 Å². The number of methoxy groups -OCH3 is 2. The average molecular weight is 368 g/mol. The molecule has 0 saturated heterocycles. The van der Waals surface area contributed by atoms with Crippen LogP contribution in [-0.4, -0.2) is 31.0 Å². The standard InChI is InChI=1S/C20H20N2O3S/c1-24-13-10-17-15(18(11-13)25-2)7-5-9-22(17)20(23)12-16-14-6-3-4-8-19(14)26-21-16/h3-4,6,8,10-11H,5,7,9,12H2,1-2H3. The van der Waals surface area contributed by atoms with Gasteiger partial charge in [-0.15, -0.1) is 0 Å². The van der Waals surface area contributed by atoms with E-state index in [1.165, 1.54) is 11.5 Å². The van der Waals surface area contributed by atoms with Gasteiger partial charge in [-0.25, -0.2) is 0 Å². The summed E-state index contributed by atoms with van der Waals surface area (Å²) in [4.78, 5) is 14.9. The van der Waals surface area contributed by atoms with Crippen LogP contribution in [0.25, 0.3) is 10.1 Å². The van der Waals surface area contributed by atoms with Crippen molar-refractivity contribution in [3.8, 4) is 11.5 Å². The maximum Gasteiger partial charge on any atom is 0.233 e. The molecule has 4 rings (SSSR count). The van der Waals surface area contributed by atoms with E-state index in [0.717, 1.165) is 45.6 Å². The minimum Gasteiger partial charge on any atom is -0.497 e. The van der Waals surface area contributed by atoms with E-state index in [0.29, 0.717) is 18.7 Å². The third-order valence-corrected chi connectivity index (χ3v) is 5.65. The fourth-order valence-corrected chi connectivity index (χ4v) is 4.29. The molecule has 5 nitrogen and oxygen atoms in total. The number of aromatic nitrogens is 1. The summed E-state index contributed by atoms with van der Waals surface area (Å²) in [5.74, 6) is 1.52. The first-order valence-electron chi connectivity index (χ1n) is 8.60. The van der Waals surface area contributed by atoms with Crippen LogP contribution in [0.3, 0.4) is 0 Å². The van der Waals surface area contributed by atoms with E-state index < -0.39 is 0 Å². The summed E-state index contributed by atoms with van der Waals surface area (Å²) < 4.78 is 16.5. The van der Waals surface area contributed by atoms with Gasteiger partial charge in [0.15, 0.2) is 0 Å². The zero-order valence-corrected chi connectivity index (χ0v) is 15.6. The van der Waals surface area contributed by atoms with Crippen LogP contribution >= 0.6 is 11.5 Å². The molecule has 26 heavy (non-hydrogen) atoms. The van der Waals surface area contributed by atoms with E-state index in [9.17, 15) is 4.79 Å². The van der Waals surface area contributed by atoms with Gasteiger partial charge >= 0.3 is 0 Å². The summed E-state index contributed by atoms with van der Waals surface area (Å²) in [5, 5.41) is 1.06. The number of carbonyl (C=O) groups excluding carboxylic acids is 1. The summed E-state index contributed by atoms with van der Waals surface area (Å²) in [6.45, 7) is 0.699. The second-order valence-corrected chi connectivity index (χ2v) is 7.08. The summed E-state index contributed by atoms with van der Waals surface area (Å²) in [6.07, 6.45) is 2.11. The Morgan fingerprint density at radius 2 is 2.08 bits per heavy atom. The molecule has 134 valence electrons. The molecule has 0 atom stereocenters. The minimum absolute atomic E-state index is 0.0531. The predicted octanol–water partition coefficient (Wildman–Crippen LogP) is 3.84. The summed E-state index contributed by atoms with van der Waals surface area (Å²) >= 11 is 1.44. The Hall–Kier alpha value is -2.60. The molecule has 0 aliphatic carbocycles. The van der Waals surface area contributed by atoms with Crippen LogP contribution in [-0.2, 0) is 17.6 Å². The summed E-state index contributed by atoms with van der Waals surface area (Å²) in [5.41, 5.74) is 2.80. The highest BCUT2D eigenvalue weighted by Gasteiger charge is 2.27. The Morgan fingerprint density at radius 1 is 1.23 bits per heavy atom. The van der Waals surface area contributed by atoms with E-state index in [4.69, 9.17) is 9.47 Å². The van der Waals surface area contributed by atoms with Crippen LogP contribution in [0.2, 0.25) is 0 Å². The molecule has 0 spiro atoms. The highest BCUT2D eigenvalue weighted by molar-refractivity contribution is 7.13. The molecule has 1 aliphatic rings. The third kappa shape index (κ3) is 2.90. The van der Waals surface area contributed by atoms with Gasteiger partial charge in [0.1, 0.15) is 11.5 Å². The molecule has 0 saturated carbocycles. The lowest BCUT2D eigenvalue weighted by Crippen LogP contribution is -2.36. The smallest absolute Gasteiger partial charge is 0.233 e. The fraction of sp³-hybridized carbons (Fsp3) is 0.300. The molecule has 0 N–H and O–H groups in total. The second kappa shape index (κ2) is 6.96. The minimum atomic E-state index is 0.0531. The van der Waals surface area contributed by atoms with Gasteiger partial charge in [0.05, 0.1) is 36.7 Å². The Bertz CT molecular complexity index is 967. The predicted molar refractivity (Wildman–Crippen MR) is 104 cm³/mol. The van der Waals surface area contributed by atoms with Gasteiger partial charge in [0, 0.05) is 29.6 Å². The number of fused-ring (bicyclic) bond motifs is 2. The lowest BCUT2D eigenvalue weighted by molar-refractivity contribution is -0.118. The fourth-order valence-electron chi connectivity index (χ4n) is 3.50. The van der Waals surface area contributed by atoms with Crippen molar-refractivity contribution in [1.82, 2.24) is 4.37 Å². The molecule has 0 fully saturated rings. The van der Waals surface area contributed by atoms with E-state index in [2.05, 4.69) is 4.37 Å². The van der Waals surface area contributed by atoms with Crippen LogP contribution in [0.4, 0.5) is 5.69 Å². The first-order valence-corrected chi connectivity index (χ1v) is 9.37. The van der Waals surface area contributed by atoms with Crippen molar-refractivity contribution in [2.75, 3.05) is 25.7 Å². The van der Waals surface area contributed by atoms with Crippen molar-refractivity contribution in [3.05, 3.63) is 47.7 Å². The summed E-state index contributed by atoms with van der Waals surface area (Å²) in [7, 11) is 3.27. The first kappa shape index (κ1) is 16.8. The lowest BCUT2D eigenvalue weighted by Gasteiger charge is -2.31. The van der Waals surface area contributed by atoms with Crippen molar-refractivity contribution in [2.45, 2.75) is 19.3 Å². The number of rotatable bonds is 4. The van der Waals surface area contributed by atoms with E-state index in [1.807, 2.05) is 41.3 Å². The number of amides is 1. The molecular formula is C20H20N2O3S. The molecule has 3 aromatic rings. The maximum absolute atomic E-state index is 13.1. The molecule has 1 amide bonds.